The van der Waals surface area contributed by atoms with Crippen LogP contribution in [0, 0.1) is 6.92 Å². The van der Waals surface area contributed by atoms with E-state index in [2.05, 4.69) is 9.71 Å². The highest BCUT2D eigenvalue weighted by Crippen LogP contribution is 2.13. The molecule has 5 nitrogen and oxygen atoms in total. The number of rotatable bonds is 5. The molecule has 0 atom stereocenters. The van der Waals surface area contributed by atoms with Crippen LogP contribution in [0.25, 0.3) is 0 Å². The summed E-state index contributed by atoms with van der Waals surface area (Å²) in [6, 6.07) is 6.88. The zero-order valence-electron chi connectivity index (χ0n) is 9.96. The first-order valence-electron chi connectivity index (χ1n) is 5.52. The van der Waals surface area contributed by atoms with Gasteiger partial charge in [-0.05, 0) is 18.6 Å². The van der Waals surface area contributed by atoms with Crippen LogP contribution in [-0.2, 0) is 16.4 Å². The fourth-order valence-corrected chi connectivity index (χ4v) is 2.89. The van der Waals surface area contributed by atoms with Gasteiger partial charge in [-0.15, -0.1) is 0 Å². The van der Waals surface area contributed by atoms with Gasteiger partial charge < -0.3 is 4.42 Å². The summed E-state index contributed by atoms with van der Waals surface area (Å²) < 4.78 is 31.4. The molecule has 0 saturated heterocycles. The Balaban J connectivity index is 2.02. The summed E-state index contributed by atoms with van der Waals surface area (Å²) in [6.45, 7) is 2.06. The summed E-state index contributed by atoms with van der Waals surface area (Å²) in [7, 11) is -3.45. The summed E-state index contributed by atoms with van der Waals surface area (Å²) in [5.74, 6) is 0. The van der Waals surface area contributed by atoms with Gasteiger partial charge in [0.25, 0.3) is 0 Å². The van der Waals surface area contributed by atoms with E-state index >= 15 is 0 Å². The Bertz CT molecular complexity index is 606. The van der Waals surface area contributed by atoms with Crippen LogP contribution < -0.4 is 4.72 Å². The molecule has 0 aliphatic heterocycles. The van der Waals surface area contributed by atoms with Crippen molar-refractivity contribution in [1.82, 2.24) is 9.71 Å². The third-order valence-corrected chi connectivity index (χ3v) is 4.16. The van der Waals surface area contributed by atoms with E-state index < -0.39 is 10.0 Å². The van der Waals surface area contributed by atoms with Crippen molar-refractivity contribution >= 4 is 10.0 Å². The monoisotopic (exact) mass is 266 g/mol. The molecule has 0 fully saturated rings. The van der Waals surface area contributed by atoms with Crippen LogP contribution in [0.5, 0.6) is 0 Å². The lowest BCUT2D eigenvalue weighted by Gasteiger charge is -2.08. The predicted molar refractivity (Wildman–Crippen MR) is 66.6 cm³/mol. The first-order chi connectivity index (χ1) is 8.59. The van der Waals surface area contributed by atoms with E-state index in [1.807, 2.05) is 6.07 Å². The van der Waals surface area contributed by atoms with Gasteiger partial charge in [-0.2, -0.15) is 0 Å². The normalized spacial score (nSPS) is 11.6. The van der Waals surface area contributed by atoms with E-state index in [0.717, 1.165) is 11.3 Å². The van der Waals surface area contributed by atoms with E-state index in [1.165, 1.54) is 12.7 Å². The summed E-state index contributed by atoms with van der Waals surface area (Å²) >= 11 is 0. The van der Waals surface area contributed by atoms with Gasteiger partial charge in [-0.3, -0.25) is 0 Å². The Morgan fingerprint density at radius 1 is 1.33 bits per heavy atom. The van der Waals surface area contributed by atoms with Crippen molar-refractivity contribution in [3.8, 4) is 0 Å². The Hall–Kier alpha value is -1.66. The second-order valence-corrected chi connectivity index (χ2v) is 5.63. The van der Waals surface area contributed by atoms with Crippen molar-refractivity contribution < 1.29 is 12.8 Å². The first-order valence-corrected chi connectivity index (χ1v) is 7.00. The maximum Gasteiger partial charge on any atom is 0.240 e. The number of nitrogens with one attached hydrogen (secondary N) is 1. The average Bonchev–Trinajstić information content (AvgIpc) is 2.82. The smallest absolute Gasteiger partial charge is 0.240 e. The van der Waals surface area contributed by atoms with Crippen LogP contribution in [0.1, 0.15) is 11.3 Å². The quantitative estimate of drug-likeness (QED) is 0.890. The maximum atomic E-state index is 12.0. The average molecular weight is 266 g/mol. The number of benzene rings is 1. The molecule has 2 rings (SSSR count). The van der Waals surface area contributed by atoms with Gasteiger partial charge in [0.05, 0.1) is 10.6 Å². The van der Waals surface area contributed by atoms with E-state index in [-0.39, 0.29) is 0 Å². The summed E-state index contributed by atoms with van der Waals surface area (Å²) in [5.41, 5.74) is 1.45. The molecule has 0 unspecified atom stereocenters. The third-order valence-electron chi connectivity index (χ3n) is 2.54. The number of aromatic nitrogens is 1. The Morgan fingerprint density at radius 2 is 2.11 bits per heavy atom. The van der Waals surface area contributed by atoms with Crippen molar-refractivity contribution in [3.63, 3.8) is 0 Å². The zero-order chi connectivity index (χ0) is 13.0. The molecule has 96 valence electrons. The zero-order valence-corrected chi connectivity index (χ0v) is 10.8. The lowest BCUT2D eigenvalue weighted by molar-refractivity contribution is 0.555. The standard InChI is InChI=1S/C12H14N2O3S/c1-10-4-2-3-5-12(10)18(15,16)14-7-6-11-8-17-9-13-11/h2-5,8-9,14H,6-7H2,1H3. The van der Waals surface area contributed by atoms with Gasteiger partial charge in [0.2, 0.25) is 10.0 Å². The van der Waals surface area contributed by atoms with Crippen LogP contribution in [0.4, 0.5) is 0 Å². The first kappa shape index (κ1) is 12.8. The molecule has 1 heterocycles. The summed E-state index contributed by atoms with van der Waals surface area (Å²) in [4.78, 5) is 4.23. The number of oxazole rings is 1. The van der Waals surface area contributed by atoms with E-state index in [0.29, 0.717) is 17.9 Å². The van der Waals surface area contributed by atoms with Crippen molar-refractivity contribution in [2.45, 2.75) is 18.2 Å². The molecular weight excluding hydrogens is 252 g/mol. The highest BCUT2D eigenvalue weighted by molar-refractivity contribution is 7.89. The van der Waals surface area contributed by atoms with Crippen LogP contribution in [-0.4, -0.2) is 19.9 Å². The van der Waals surface area contributed by atoms with Crippen LogP contribution in [0.3, 0.4) is 0 Å². The van der Waals surface area contributed by atoms with Gasteiger partial charge in [0, 0.05) is 13.0 Å². The molecule has 18 heavy (non-hydrogen) atoms. The Morgan fingerprint density at radius 3 is 2.78 bits per heavy atom. The SMILES string of the molecule is Cc1ccccc1S(=O)(=O)NCCc1cocn1. The number of nitrogens with zero attached hydrogens (tertiary/aromatic N) is 1. The lowest BCUT2D eigenvalue weighted by Crippen LogP contribution is -2.26. The minimum atomic E-state index is -3.45. The number of hydrogen-bond acceptors (Lipinski definition) is 4. The van der Waals surface area contributed by atoms with E-state index in [1.54, 1.807) is 25.1 Å². The second-order valence-electron chi connectivity index (χ2n) is 3.89. The molecule has 2 aromatic rings. The van der Waals surface area contributed by atoms with Crippen LogP contribution in [0.15, 0.2) is 46.2 Å². The van der Waals surface area contributed by atoms with E-state index in [4.69, 9.17) is 4.42 Å². The molecule has 0 amide bonds. The highest BCUT2D eigenvalue weighted by atomic mass is 32.2. The number of aryl methyl sites for hydroxylation is 1. The van der Waals surface area contributed by atoms with Crippen molar-refractivity contribution in [3.05, 3.63) is 48.2 Å². The number of sulfonamides is 1. The summed E-state index contributed by atoms with van der Waals surface area (Å²) in [6.07, 6.45) is 3.33. The van der Waals surface area contributed by atoms with E-state index in [9.17, 15) is 8.42 Å². The molecule has 0 spiro atoms. The fraction of sp³-hybridized carbons (Fsp3) is 0.250. The van der Waals surface area contributed by atoms with Crippen molar-refractivity contribution in [2.75, 3.05) is 6.54 Å². The second kappa shape index (κ2) is 5.32. The maximum absolute atomic E-state index is 12.0. The Kier molecular flexibility index (Phi) is 3.78. The molecule has 0 radical (unpaired) electrons. The largest absolute Gasteiger partial charge is 0.451 e. The van der Waals surface area contributed by atoms with Gasteiger partial charge in [0.1, 0.15) is 6.26 Å². The third kappa shape index (κ3) is 2.96. The molecule has 0 aliphatic rings. The van der Waals surface area contributed by atoms with Gasteiger partial charge >= 0.3 is 0 Å². The molecule has 1 aromatic carbocycles. The minimum absolute atomic E-state index is 0.295. The number of hydrogen-bond donors (Lipinski definition) is 1. The molecule has 1 aromatic heterocycles. The van der Waals surface area contributed by atoms with Crippen LogP contribution in [0.2, 0.25) is 0 Å². The van der Waals surface area contributed by atoms with Crippen molar-refractivity contribution in [2.24, 2.45) is 0 Å². The molecule has 0 aliphatic carbocycles. The lowest BCUT2D eigenvalue weighted by atomic mass is 10.2. The Labute approximate surface area is 106 Å². The van der Waals surface area contributed by atoms with Gasteiger partial charge in [-0.1, -0.05) is 18.2 Å². The highest BCUT2D eigenvalue weighted by Gasteiger charge is 2.15. The van der Waals surface area contributed by atoms with Gasteiger partial charge in [0.15, 0.2) is 6.39 Å². The molecule has 6 heteroatoms. The molecule has 0 saturated carbocycles. The molecule has 1 N–H and O–H groups in total. The minimum Gasteiger partial charge on any atom is -0.451 e. The fourth-order valence-electron chi connectivity index (χ4n) is 1.61. The van der Waals surface area contributed by atoms with Gasteiger partial charge in [-0.25, -0.2) is 18.1 Å². The van der Waals surface area contributed by atoms with Crippen molar-refractivity contribution in [1.29, 1.82) is 0 Å². The summed E-state index contributed by atoms with van der Waals surface area (Å²) in [5, 5.41) is 0. The predicted octanol–water partition coefficient (Wildman–Crippen LogP) is 1.50. The van der Waals surface area contributed by atoms with Crippen LogP contribution >= 0.6 is 0 Å². The topological polar surface area (TPSA) is 72.2 Å². The molecule has 0 bridgehead atoms. The molecular formula is C12H14N2O3S.